The minimum atomic E-state index is -0.250. The summed E-state index contributed by atoms with van der Waals surface area (Å²) in [5.41, 5.74) is 3.21. The minimum absolute atomic E-state index is 0.250. The lowest BCUT2D eigenvalue weighted by atomic mass is 10.3. The number of para-hydroxylation sites is 2. The van der Waals surface area contributed by atoms with Crippen LogP contribution >= 0.6 is 0 Å². The Balaban J connectivity index is 1.38. The van der Waals surface area contributed by atoms with Gasteiger partial charge in [0.1, 0.15) is 17.3 Å². The van der Waals surface area contributed by atoms with Crippen LogP contribution in [0, 0.1) is 0 Å². The fourth-order valence-electron chi connectivity index (χ4n) is 2.70. The monoisotopic (exact) mass is 358 g/mol. The molecule has 0 unspecified atom stereocenters. The number of fused-ring (bicyclic) bond motifs is 1. The van der Waals surface area contributed by atoms with Crippen LogP contribution in [0.1, 0.15) is 21.9 Å². The van der Waals surface area contributed by atoms with Crippen LogP contribution in [0.15, 0.2) is 67.0 Å². The first-order valence-electron chi connectivity index (χ1n) is 8.59. The maximum absolute atomic E-state index is 12.4. The van der Waals surface area contributed by atoms with Gasteiger partial charge in [0, 0.05) is 18.9 Å². The van der Waals surface area contributed by atoms with E-state index >= 15 is 0 Å². The summed E-state index contributed by atoms with van der Waals surface area (Å²) in [6.45, 7) is 0.896. The first kappa shape index (κ1) is 16.7. The molecule has 0 spiro atoms. The molecule has 3 N–H and O–H groups in total. The number of H-pyrrole nitrogens is 1. The molecule has 134 valence electrons. The van der Waals surface area contributed by atoms with Crippen LogP contribution in [0.25, 0.3) is 11.0 Å². The van der Waals surface area contributed by atoms with Crippen molar-refractivity contribution < 1.29 is 4.79 Å². The van der Waals surface area contributed by atoms with Gasteiger partial charge in [0.15, 0.2) is 0 Å². The number of aromatic amines is 1. The normalized spacial score (nSPS) is 10.7. The molecule has 7 nitrogen and oxygen atoms in total. The zero-order valence-corrected chi connectivity index (χ0v) is 14.5. The lowest BCUT2D eigenvalue weighted by Crippen LogP contribution is -2.24. The van der Waals surface area contributed by atoms with Crippen LogP contribution in [0.2, 0.25) is 0 Å². The van der Waals surface area contributed by atoms with Crippen molar-refractivity contribution in [1.29, 1.82) is 0 Å². The molecule has 7 heteroatoms. The fraction of sp³-hybridized carbons (Fsp3) is 0.100. The molecule has 0 bridgehead atoms. The summed E-state index contributed by atoms with van der Waals surface area (Å²) in [5, 5.41) is 6.04. The van der Waals surface area contributed by atoms with Crippen LogP contribution in [0.3, 0.4) is 0 Å². The predicted molar refractivity (Wildman–Crippen MR) is 103 cm³/mol. The number of hydrogen-bond donors (Lipinski definition) is 3. The molecule has 3 aromatic heterocycles. The Labute approximate surface area is 155 Å². The van der Waals surface area contributed by atoms with Crippen molar-refractivity contribution in [3.05, 3.63) is 84.1 Å². The highest BCUT2D eigenvalue weighted by molar-refractivity contribution is 5.92. The van der Waals surface area contributed by atoms with E-state index in [4.69, 9.17) is 0 Å². The van der Waals surface area contributed by atoms with E-state index in [1.54, 1.807) is 24.5 Å². The largest absolute Gasteiger partial charge is 0.366 e. The second kappa shape index (κ2) is 7.65. The van der Waals surface area contributed by atoms with E-state index in [-0.39, 0.29) is 5.91 Å². The average molecular weight is 358 g/mol. The zero-order valence-electron chi connectivity index (χ0n) is 14.5. The maximum atomic E-state index is 12.4. The molecule has 4 aromatic rings. The van der Waals surface area contributed by atoms with Crippen LogP contribution < -0.4 is 10.6 Å². The van der Waals surface area contributed by atoms with Crippen molar-refractivity contribution in [2.45, 2.75) is 13.1 Å². The van der Waals surface area contributed by atoms with Gasteiger partial charge in [0.05, 0.1) is 17.6 Å². The SMILES string of the molecule is O=C(NCc1nc2ccccc2[nH]1)c1cccc(NCc2cccnc2)n1. The number of anilines is 1. The van der Waals surface area contributed by atoms with E-state index in [1.807, 2.05) is 42.5 Å². The number of hydrogen-bond acceptors (Lipinski definition) is 5. The highest BCUT2D eigenvalue weighted by Gasteiger charge is 2.09. The first-order valence-corrected chi connectivity index (χ1v) is 8.59. The number of rotatable bonds is 6. The quantitative estimate of drug-likeness (QED) is 0.493. The van der Waals surface area contributed by atoms with Gasteiger partial charge < -0.3 is 15.6 Å². The van der Waals surface area contributed by atoms with Crippen LogP contribution in [0.4, 0.5) is 5.82 Å². The summed E-state index contributed by atoms with van der Waals surface area (Å²) < 4.78 is 0. The summed E-state index contributed by atoms with van der Waals surface area (Å²) >= 11 is 0. The Bertz CT molecular complexity index is 1030. The van der Waals surface area contributed by atoms with Crippen molar-refractivity contribution in [1.82, 2.24) is 25.3 Å². The smallest absolute Gasteiger partial charge is 0.270 e. The summed E-state index contributed by atoms with van der Waals surface area (Å²) in [5.74, 6) is 1.09. The van der Waals surface area contributed by atoms with E-state index in [1.165, 1.54) is 0 Å². The molecule has 1 aromatic carbocycles. The molecular formula is C20H18N6O. The number of carbonyl (C=O) groups excluding carboxylic acids is 1. The Kier molecular flexibility index (Phi) is 4.74. The highest BCUT2D eigenvalue weighted by Crippen LogP contribution is 2.11. The number of pyridine rings is 2. The van der Waals surface area contributed by atoms with E-state index in [0.717, 1.165) is 16.6 Å². The van der Waals surface area contributed by atoms with Gasteiger partial charge >= 0.3 is 0 Å². The molecule has 0 atom stereocenters. The van der Waals surface area contributed by atoms with Crippen molar-refractivity contribution >= 4 is 22.8 Å². The number of carbonyl (C=O) groups is 1. The lowest BCUT2D eigenvalue weighted by Gasteiger charge is -2.07. The van der Waals surface area contributed by atoms with Crippen molar-refractivity contribution in [2.75, 3.05) is 5.32 Å². The van der Waals surface area contributed by atoms with Gasteiger partial charge in [-0.1, -0.05) is 24.3 Å². The molecule has 27 heavy (non-hydrogen) atoms. The molecule has 0 saturated heterocycles. The predicted octanol–water partition coefficient (Wildman–Crippen LogP) is 2.90. The molecule has 3 heterocycles. The molecule has 0 saturated carbocycles. The molecule has 4 rings (SSSR count). The van der Waals surface area contributed by atoms with Gasteiger partial charge in [-0.3, -0.25) is 9.78 Å². The van der Waals surface area contributed by atoms with Crippen molar-refractivity contribution in [3.63, 3.8) is 0 Å². The van der Waals surface area contributed by atoms with Crippen LogP contribution in [-0.2, 0) is 13.1 Å². The number of nitrogens with one attached hydrogen (secondary N) is 3. The summed E-state index contributed by atoms with van der Waals surface area (Å²) in [4.78, 5) is 28.5. The number of aromatic nitrogens is 4. The first-order chi connectivity index (χ1) is 13.3. The molecular weight excluding hydrogens is 340 g/mol. The summed E-state index contributed by atoms with van der Waals surface area (Å²) in [6, 6.07) is 16.9. The molecule has 0 aliphatic heterocycles. The van der Waals surface area contributed by atoms with Crippen molar-refractivity contribution in [3.8, 4) is 0 Å². The van der Waals surface area contributed by atoms with Gasteiger partial charge in [-0.2, -0.15) is 0 Å². The summed E-state index contributed by atoms with van der Waals surface area (Å²) in [6.07, 6.45) is 3.52. The third-order valence-electron chi connectivity index (χ3n) is 4.03. The van der Waals surface area contributed by atoms with Gasteiger partial charge in [-0.05, 0) is 35.9 Å². The van der Waals surface area contributed by atoms with Crippen molar-refractivity contribution in [2.24, 2.45) is 0 Å². The van der Waals surface area contributed by atoms with E-state index in [2.05, 4.69) is 30.6 Å². The molecule has 0 aliphatic carbocycles. The topological polar surface area (TPSA) is 95.6 Å². The van der Waals surface area contributed by atoms with E-state index in [9.17, 15) is 4.79 Å². The number of imidazole rings is 1. The number of nitrogens with zero attached hydrogens (tertiary/aromatic N) is 3. The third kappa shape index (κ3) is 4.09. The van der Waals surface area contributed by atoms with Gasteiger partial charge in [-0.15, -0.1) is 0 Å². The number of amides is 1. The lowest BCUT2D eigenvalue weighted by molar-refractivity contribution is 0.0945. The fourth-order valence-corrected chi connectivity index (χ4v) is 2.70. The number of benzene rings is 1. The zero-order chi connectivity index (χ0) is 18.5. The Morgan fingerprint density at radius 3 is 2.74 bits per heavy atom. The summed E-state index contributed by atoms with van der Waals surface area (Å²) in [7, 11) is 0. The van der Waals surface area contributed by atoms with Crippen LogP contribution in [0.5, 0.6) is 0 Å². The van der Waals surface area contributed by atoms with E-state index in [0.29, 0.717) is 30.4 Å². The maximum Gasteiger partial charge on any atom is 0.270 e. The Morgan fingerprint density at radius 2 is 1.89 bits per heavy atom. The molecule has 1 amide bonds. The Morgan fingerprint density at radius 1 is 0.963 bits per heavy atom. The second-order valence-electron chi connectivity index (χ2n) is 6.01. The van der Waals surface area contributed by atoms with Crippen LogP contribution in [-0.4, -0.2) is 25.8 Å². The standard InChI is InChI=1S/C20H18N6O/c27-20(23-13-19-24-15-6-1-2-7-16(15)25-19)17-8-3-9-18(26-17)22-12-14-5-4-10-21-11-14/h1-11H,12-13H2,(H,22,26)(H,23,27)(H,24,25). The average Bonchev–Trinajstić information content (AvgIpc) is 3.14. The van der Waals surface area contributed by atoms with Gasteiger partial charge in [0.2, 0.25) is 0 Å². The Hall–Kier alpha value is -3.74. The van der Waals surface area contributed by atoms with Gasteiger partial charge in [0.25, 0.3) is 5.91 Å². The second-order valence-corrected chi connectivity index (χ2v) is 6.01. The third-order valence-corrected chi connectivity index (χ3v) is 4.03. The molecule has 0 aliphatic rings. The highest BCUT2D eigenvalue weighted by atomic mass is 16.1. The molecule has 0 radical (unpaired) electrons. The molecule has 0 fully saturated rings. The van der Waals surface area contributed by atoms with Gasteiger partial charge in [-0.25, -0.2) is 9.97 Å². The van der Waals surface area contributed by atoms with E-state index < -0.39 is 0 Å². The minimum Gasteiger partial charge on any atom is -0.366 e.